The minimum Gasteiger partial charge on any atom is -0.462 e. The van der Waals surface area contributed by atoms with Crippen LogP contribution in [-0.4, -0.2) is 44.3 Å². The second-order valence-corrected chi connectivity index (χ2v) is 8.98. The van der Waals surface area contributed by atoms with E-state index in [9.17, 15) is 26.8 Å². The van der Waals surface area contributed by atoms with Crippen molar-refractivity contribution in [2.45, 2.75) is 24.7 Å². The highest BCUT2D eigenvalue weighted by Gasteiger charge is 2.32. The number of piperidine rings is 1. The number of benzene rings is 2. The van der Waals surface area contributed by atoms with Crippen molar-refractivity contribution >= 4 is 27.6 Å². The van der Waals surface area contributed by atoms with Crippen molar-refractivity contribution in [3.63, 3.8) is 0 Å². The monoisotopic (exact) mass is 452 g/mol. The van der Waals surface area contributed by atoms with Gasteiger partial charge in [0, 0.05) is 24.7 Å². The lowest BCUT2D eigenvalue weighted by molar-refractivity contribution is -0.120. The minimum absolute atomic E-state index is 0.0845. The lowest BCUT2D eigenvalue weighted by Gasteiger charge is -2.30. The van der Waals surface area contributed by atoms with Crippen LogP contribution in [0.15, 0.2) is 47.4 Å². The molecule has 1 aliphatic heterocycles. The van der Waals surface area contributed by atoms with E-state index in [1.807, 2.05) is 0 Å². The summed E-state index contributed by atoms with van der Waals surface area (Å²) in [4.78, 5) is 23.9. The molecule has 166 valence electrons. The SMILES string of the molecule is CCOC(=O)c1ccc(NC(=O)C2CCN(S(=O)(=O)c3ccc(F)c(F)c3)CC2)cc1. The predicted octanol–water partition coefficient (Wildman–Crippen LogP) is 3.18. The molecular weight excluding hydrogens is 430 g/mol. The molecule has 1 saturated heterocycles. The number of nitrogens with zero attached hydrogens (tertiary/aromatic N) is 1. The highest BCUT2D eigenvalue weighted by atomic mass is 32.2. The largest absolute Gasteiger partial charge is 0.462 e. The molecule has 2 aromatic rings. The molecule has 0 saturated carbocycles. The lowest BCUT2D eigenvalue weighted by Crippen LogP contribution is -2.41. The Kier molecular flexibility index (Phi) is 7.01. The van der Waals surface area contributed by atoms with Gasteiger partial charge in [-0.05, 0) is 62.2 Å². The zero-order valence-corrected chi connectivity index (χ0v) is 17.6. The first-order valence-corrected chi connectivity index (χ1v) is 11.2. The van der Waals surface area contributed by atoms with Crippen molar-refractivity contribution in [2.75, 3.05) is 25.0 Å². The maximum absolute atomic E-state index is 13.4. The fourth-order valence-corrected chi connectivity index (χ4v) is 4.78. The summed E-state index contributed by atoms with van der Waals surface area (Å²) < 4.78 is 57.9. The number of hydrogen-bond acceptors (Lipinski definition) is 5. The minimum atomic E-state index is -3.98. The third-order valence-corrected chi connectivity index (χ3v) is 6.91. The molecule has 7 nitrogen and oxygen atoms in total. The summed E-state index contributed by atoms with van der Waals surface area (Å²) in [7, 11) is -3.98. The molecule has 3 rings (SSSR count). The van der Waals surface area contributed by atoms with Gasteiger partial charge in [-0.3, -0.25) is 4.79 Å². The molecule has 1 heterocycles. The van der Waals surface area contributed by atoms with E-state index in [0.29, 0.717) is 17.3 Å². The van der Waals surface area contributed by atoms with Crippen LogP contribution in [-0.2, 0) is 19.6 Å². The van der Waals surface area contributed by atoms with E-state index < -0.39 is 33.5 Å². The molecule has 0 aliphatic carbocycles. The quantitative estimate of drug-likeness (QED) is 0.680. The van der Waals surface area contributed by atoms with Gasteiger partial charge in [-0.1, -0.05) is 0 Å². The zero-order valence-electron chi connectivity index (χ0n) is 16.8. The number of carbonyl (C=O) groups is 2. The van der Waals surface area contributed by atoms with Crippen molar-refractivity contribution in [3.05, 3.63) is 59.7 Å². The van der Waals surface area contributed by atoms with E-state index in [-0.39, 0.29) is 43.3 Å². The van der Waals surface area contributed by atoms with E-state index in [1.165, 1.54) is 0 Å². The third-order valence-electron chi connectivity index (χ3n) is 5.02. The average molecular weight is 452 g/mol. The Morgan fingerprint density at radius 3 is 2.29 bits per heavy atom. The van der Waals surface area contributed by atoms with Crippen molar-refractivity contribution in [1.82, 2.24) is 4.31 Å². The van der Waals surface area contributed by atoms with Gasteiger partial charge in [0.15, 0.2) is 11.6 Å². The number of nitrogens with one attached hydrogen (secondary N) is 1. The second kappa shape index (κ2) is 9.52. The Morgan fingerprint density at radius 2 is 1.71 bits per heavy atom. The smallest absolute Gasteiger partial charge is 0.338 e. The van der Waals surface area contributed by atoms with Gasteiger partial charge in [-0.25, -0.2) is 22.0 Å². The van der Waals surface area contributed by atoms with Gasteiger partial charge >= 0.3 is 5.97 Å². The zero-order chi connectivity index (χ0) is 22.6. The fourth-order valence-electron chi connectivity index (χ4n) is 3.29. The van der Waals surface area contributed by atoms with Gasteiger partial charge in [-0.2, -0.15) is 4.31 Å². The summed E-state index contributed by atoms with van der Waals surface area (Å²) in [5.74, 6) is -3.46. The fraction of sp³-hybridized carbons (Fsp3) is 0.333. The molecule has 10 heteroatoms. The molecule has 1 amide bonds. The van der Waals surface area contributed by atoms with Crippen LogP contribution in [0.25, 0.3) is 0 Å². The molecule has 0 bridgehead atoms. The topological polar surface area (TPSA) is 92.8 Å². The van der Waals surface area contributed by atoms with Crippen molar-refractivity contribution in [1.29, 1.82) is 0 Å². The summed E-state index contributed by atoms with van der Waals surface area (Å²) in [6.45, 7) is 2.14. The van der Waals surface area contributed by atoms with Gasteiger partial charge < -0.3 is 10.1 Å². The molecule has 1 N–H and O–H groups in total. The molecule has 0 spiro atoms. The number of esters is 1. The summed E-state index contributed by atoms with van der Waals surface area (Å²) >= 11 is 0. The first kappa shape index (κ1) is 22.8. The Bertz CT molecular complexity index is 1070. The number of halogens is 2. The number of sulfonamides is 1. The van der Waals surface area contributed by atoms with E-state index in [1.54, 1.807) is 31.2 Å². The average Bonchev–Trinajstić information content (AvgIpc) is 2.76. The highest BCUT2D eigenvalue weighted by molar-refractivity contribution is 7.89. The van der Waals surface area contributed by atoms with Crippen LogP contribution < -0.4 is 5.32 Å². The molecule has 0 atom stereocenters. The number of carbonyl (C=O) groups excluding carboxylic acids is 2. The highest BCUT2D eigenvalue weighted by Crippen LogP contribution is 2.26. The van der Waals surface area contributed by atoms with Crippen LogP contribution in [0.5, 0.6) is 0 Å². The van der Waals surface area contributed by atoms with E-state index in [4.69, 9.17) is 4.74 Å². The third kappa shape index (κ3) is 5.26. The second-order valence-electron chi connectivity index (χ2n) is 7.04. The van der Waals surface area contributed by atoms with Crippen LogP contribution in [0.4, 0.5) is 14.5 Å². The number of anilines is 1. The maximum Gasteiger partial charge on any atom is 0.338 e. The molecule has 0 aromatic heterocycles. The summed E-state index contributed by atoms with van der Waals surface area (Å²) in [6, 6.07) is 8.72. The van der Waals surface area contributed by atoms with Gasteiger partial charge in [-0.15, -0.1) is 0 Å². The van der Waals surface area contributed by atoms with E-state index in [2.05, 4.69) is 5.32 Å². The lowest BCUT2D eigenvalue weighted by atomic mass is 9.97. The molecule has 2 aromatic carbocycles. The summed E-state index contributed by atoms with van der Waals surface area (Å²) in [6.07, 6.45) is 0.575. The Hall–Kier alpha value is -2.85. The Balaban J connectivity index is 1.58. The maximum atomic E-state index is 13.4. The van der Waals surface area contributed by atoms with Gasteiger partial charge in [0.25, 0.3) is 0 Å². The van der Waals surface area contributed by atoms with Crippen LogP contribution in [0.3, 0.4) is 0 Å². The molecular formula is C21H22F2N2O5S. The summed E-state index contributed by atoms with van der Waals surface area (Å²) in [5.41, 5.74) is 0.880. The number of ether oxygens (including phenoxy) is 1. The van der Waals surface area contributed by atoms with Gasteiger partial charge in [0.05, 0.1) is 17.1 Å². The first-order valence-electron chi connectivity index (χ1n) is 9.75. The Morgan fingerprint density at radius 1 is 1.06 bits per heavy atom. The number of hydrogen-bond donors (Lipinski definition) is 1. The standard InChI is InChI=1S/C21H22F2N2O5S/c1-2-30-21(27)15-3-5-16(6-4-15)24-20(26)14-9-11-25(12-10-14)31(28,29)17-7-8-18(22)19(23)13-17/h3-8,13-14H,2,9-12H2,1H3,(H,24,26). The van der Waals surface area contributed by atoms with E-state index >= 15 is 0 Å². The normalized spacial score (nSPS) is 15.5. The van der Waals surface area contributed by atoms with Crippen LogP contribution in [0.1, 0.15) is 30.1 Å². The van der Waals surface area contributed by atoms with Crippen molar-refractivity contribution < 1.29 is 31.5 Å². The van der Waals surface area contributed by atoms with Crippen molar-refractivity contribution in [2.24, 2.45) is 5.92 Å². The van der Waals surface area contributed by atoms with Crippen LogP contribution in [0.2, 0.25) is 0 Å². The van der Waals surface area contributed by atoms with Gasteiger partial charge in [0.1, 0.15) is 0 Å². The molecule has 1 fully saturated rings. The van der Waals surface area contributed by atoms with Crippen LogP contribution in [0, 0.1) is 17.6 Å². The first-order chi connectivity index (χ1) is 14.7. The van der Waals surface area contributed by atoms with Crippen LogP contribution >= 0.6 is 0 Å². The molecule has 31 heavy (non-hydrogen) atoms. The Labute approximate surface area is 179 Å². The molecule has 1 aliphatic rings. The molecule has 0 unspecified atom stereocenters. The van der Waals surface area contributed by atoms with Crippen molar-refractivity contribution in [3.8, 4) is 0 Å². The molecule has 0 radical (unpaired) electrons. The number of amides is 1. The summed E-state index contributed by atoms with van der Waals surface area (Å²) in [5, 5.41) is 2.76. The van der Waals surface area contributed by atoms with Gasteiger partial charge in [0.2, 0.25) is 15.9 Å². The number of rotatable bonds is 6. The van der Waals surface area contributed by atoms with E-state index in [0.717, 1.165) is 16.4 Å². The predicted molar refractivity (Wildman–Crippen MR) is 109 cm³/mol.